The Hall–Kier alpha value is -2.83. The van der Waals surface area contributed by atoms with Crippen molar-refractivity contribution in [2.45, 2.75) is 18.2 Å². The number of rotatable bonds is 7. The summed E-state index contributed by atoms with van der Waals surface area (Å²) < 4.78 is 27.5. The lowest BCUT2D eigenvalue weighted by molar-refractivity contribution is -0.114. The predicted molar refractivity (Wildman–Crippen MR) is 117 cm³/mol. The van der Waals surface area contributed by atoms with Gasteiger partial charge in [0.1, 0.15) is 6.54 Å². The Morgan fingerprint density at radius 1 is 0.931 bits per heavy atom. The summed E-state index contributed by atoms with van der Waals surface area (Å²) in [5.41, 5.74) is 1.99. The molecule has 3 rings (SSSR count). The largest absolute Gasteiger partial charge is 0.325 e. The molecule has 0 saturated carbocycles. The molecule has 0 aliphatic carbocycles. The highest BCUT2D eigenvalue weighted by molar-refractivity contribution is 7.92. The van der Waals surface area contributed by atoms with Gasteiger partial charge in [0.25, 0.3) is 10.0 Å². The Kier molecular flexibility index (Phi) is 6.56. The molecule has 0 saturated heterocycles. The number of para-hydroxylation sites is 1. The highest BCUT2D eigenvalue weighted by Gasteiger charge is 2.28. The average molecular weight is 429 g/mol. The molecule has 29 heavy (non-hydrogen) atoms. The topological polar surface area (TPSA) is 66.5 Å². The lowest BCUT2D eigenvalue weighted by Crippen LogP contribution is -2.38. The van der Waals surface area contributed by atoms with E-state index >= 15 is 0 Å². The van der Waals surface area contributed by atoms with Crippen molar-refractivity contribution in [3.05, 3.63) is 89.4 Å². The number of nitrogens with one attached hydrogen (secondary N) is 1. The molecule has 0 radical (unpaired) electrons. The van der Waals surface area contributed by atoms with Gasteiger partial charge in [0.2, 0.25) is 5.91 Å². The monoisotopic (exact) mass is 428 g/mol. The van der Waals surface area contributed by atoms with E-state index in [1.54, 1.807) is 54.6 Å². The molecule has 5 nitrogen and oxygen atoms in total. The van der Waals surface area contributed by atoms with Gasteiger partial charge in [-0.05, 0) is 48.4 Å². The molecular formula is C22H21ClN2O3S. The van der Waals surface area contributed by atoms with Crippen molar-refractivity contribution < 1.29 is 13.2 Å². The van der Waals surface area contributed by atoms with E-state index in [0.717, 1.165) is 16.3 Å². The SMILES string of the molecule is CCc1ccc(NC(=O)CN(c2ccccc2Cl)S(=O)(=O)c2ccccc2)cc1. The van der Waals surface area contributed by atoms with E-state index in [1.165, 1.54) is 12.1 Å². The smallest absolute Gasteiger partial charge is 0.264 e. The van der Waals surface area contributed by atoms with Gasteiger partial charge in [-0.25, -0.2) is 8.42 Å². The van der Waals surface area contributed by atoms with E-state index in [9.17, 15) is 13.2 Å². The maximum atomic E-state index is 13.2. The van der Waals surface area contributed by atoms with Crippen molar-refractivity contribution in [1.29, 1.82) is 0 Å². The zero-order valence-corrected chi connectivity index (χ0v) is 17.5. The molecule has 150 valence electrons. The maximum Gasteiger partial charge on any atom is 0.264 e. The summed E-state index contributed by atoms with van der Waals surface area (Å²) in [6.45, 7) is 1.64. The fourth-order valence-corrected chi connectivity index (χ4v) is 4.58. The number of aryl methyl sites for hydroxylation is 1. The van der Waals surface area contributed by atoms with Gasteiger partial charge in [-0.1, -0.05) is 61.0 Å². The van der Waals surface area contributed by atoms with Gasteiger partial charge >= 0.3 is 0 Å². The van der Waals surface area contributed by atoms with Gasteiger partial charge in [-0.2, -0.15) is 0 Å². The van der Waals surface area contributed by atoms with Crippen LogP contribution in [0.1, 0.15) is 12.5 Å². The molecule has 0 bridgehead atoms. The fraction of sp³-hybridized carbons (Fsp3) is 0.136. The lowest BCUT2D eigenvalue weighted by atomic mass is 10.1. The number of benzene rings is 3. The fourth-order valence-electron chi connectivity index (χ4n) is 2.83. The number of halogens is 1. The number of amides is 1. The first kappa shape index (κ1) is 20.9. The third-order valence-corrected chi connectivity index (χ3v) is 6.48. The quantitative estimate of drug-likeness (QED) is 0.591. The average Bonchev–Trinajstić information content (AvgIpc) is 2.74. The third kappa shape index (κ3) is 4.96. The Labute approximate surface area is 176 Å². The summed E-state index contributed by atoms with van der Waals surface area (Å²) in [5, 5.41) is 2.99. The molecule has 0 aliphatic heterocycles. The number of hydrogen-bond donors (Lipinski definition) is 1. The van der Waals surface area contributed by atoms with Crippen LogP contribution in [0.15, 0.2) is 83.8 Å². The molecule has 1 N–H and O–H groups in total. The van der Waals surface area contributed by atoms with E-state index in [2.05, 4.69) is 5.32 Å². The summed E-state index contributed by atoms with van der Waals surface area (Å²) in [7, 11) is -3.99. The van der Waals surface area contributed by atoms with Gasteiger partial charge in [-0.3, -0.25) is 9.10 Å². The normalized spacial score (nSPS) is 11.1. The van der Waals surface area contributed by atoms with Crippen LogP contribution in [0.4, 0.5) is 11.4 Å². The van der Waals surface area contributed by atoms with Crippen molar-refractivity contribution >= 4 is 38.9 Å². The van der Waals surface area contributed by atoms with Crippen LogP contribution in [0.25, 0.3) is 0 Å². The molecule has 0 aromatic heterocycles. The second-order valence-electron chi connectivity index (χ2n) is 6.37. The first-order valence-electron chi connectivity index (χ1n) is 9.13. The molecule has 7 heteroatoms. The number of carbonyl (C=O) groups is 1. The Morgan fingerprint density at radius 2 is 1.55 bits per heavy atom. The van der Waals surface area contributed by atoms with Gasteiger partial charge in [0, 0.05) is 5.69 Å². The second-order valence-corrected chi connectivity index (χ2v) is 8.64. The number of nitrogens with zero attached hydrogens (tertiary/aromatic N) is 1. The lowest BCUT2D eigenvalue weighted by Gasteiger charge is -2.25. The van der Waals surface area contributed by atoms with Crippen LogP contribution < -0.4 is 9.62 Å². The van der Waals surface area contributed by atoms with Gasteiger partial charge in [0.05, 0.1) is 15.6 Å². The van der Waals surface area contributed by atoms with Crippen LogP contribution >= 0.6 is 11.6 Å². The zero-order valence-electron chi connectivity index (χ0n) is 15.9. The second kappa shape index (κ2) is 9.11. The van der Waals surface area contributed by atoms with Gasteiger partial charge < -0.3 is 5.32 Å². The summed E-state index contributed by atoms with van der Waals surface area (Å²) in [6.07, 6.45) is 0.893. The van der Waals surface area contributed by atoms with Crippen LogP contribution in [0.2, 0.25) is 5.02 Å². The summed E-state index contributed by atoms with van der Waals surface area (Å²) in [5.74, 6) is -0.464. The van der Waals surface area contributed by atoms with Crippen molar-refractivity contribution in [2.75, 3.05) is 16.2 Å². The molecule has 0 atom stereocenters. The van der Waals surface area contributed by atoms with E-state index in [4.69, 9.17) is 11.6 Å². The van der Waals surface area contributed by atoms with Crippen LogP contribution in [0, 0.1) is 0 Å². The van der Waals surface area contributed by atoms with Crippen molar-refractivity contribution in [2.24, 2.45) is 0 Å². The first-order valence-corrected chi connectivity index (χ1v) is 10.9. The minimum atomic E-state index is -3.99. The number of sulfonamides is 1. The van der Waals surface area contributed by atoms with Crippen molar-refractivity contribution in [1.82, 2.24) is 0 Å². The highest BCUT2D eigenvalue weighted by atomic mass is 35.5. The molecule has 3 aromatic carbocycles. The van der Waals surface area contributed by atoms with Gasteiger partial charge in [0.15, 0.2) is 0 Å². The van der Waals surface area contributed by atoms with E-state index in [1.807, 2.05) is 19.1 Å². The minimum Gasteiger partial charge on any atom is -0.325 e. The molecular weight excluding hydrogens is 408 g/mol. The van der Waals surface area contributed by atoms with E-state index < -0.39 is 22.5 Å². The molecule has 1 amide bonds. The summed E-state index contributed by atoms with van der Waals surface area (Å²) in [6, 6.07) is 21.9. The molecule has 3 aromatic rings. The summed E-state index contributed by atoms with van der Waals surface area (Å²) >= 11 is 6.25. The molecule has 0 spiro atoms. The predicted octanol–water partition coefficient (Wildman–Crippen LogP) is 4.74. The molecule has 0 heterocycles. The number of hydrogen-bond acceptors (Lipinski definition) is 3. The van der Waals surface area contributed by atoms with Crippen LogP contribution in [0.5, 0.6) is 0 Å². The minimum absolute atomic E-state index is 0.0834. The van der Waals surface area contributed by atoms with Gasteiger partial charge in [-0.15, -0.1) is 0 Å². The van der Waals surface area contributed by atoms with E-state index in [-0.39, 0.29) is 15.6 Å². The maximum absolute atomic E-state index is 13.2. The zero-order chi connectivity index (χ0) is 20.9. The van der Waals surface area contributed by atoms with Crippen LogP contribution in [-0.4, -0.2) is 20.9 Å². The molecule has 0 unspecified atom stereocenters. The summed E-state index contributed by atoms with van der Waals surface area (Å²) in [4.78, 5) is 12.8. The van der Waals surface area contributed by atoms with E-state index in [0.29, 0.717) is 5.69 Å². The Bertz CT molecular complexity index is 1080. The van der Waals surface area contributed by atoms with Crippen molar-refractivity contribution in [3.8, 4) is 0 Å². The number of carbonyl (C=O) groups excluding carboxylic acids is 1. The third-order valence-electron chi connectivity index (χ3n) is 4.39. The molecule has 0 fully saturated rings. The van der Waals surface area contributed by atoms with Crippen LogP contribution in [0.3, 0.4) is 0 Å². The number of anilines is 2. The highest BCUT2D eigenvalue weighted by Crippen LogP contribution is 2.30. The standard InChI is InChI=1S/C22H21ClN2O3S/c1-2-17-12-14-18(15-13-17)24-22(26)16-25(21-11-7-6-10-20(21)23)29(27,28)19-8-4-3-5-9-19/h3-15H,2,16H2,1H3,(H,24,26). The van der Waals surface area contributed by atoms with Crippen LogP contribution in [-0.2, 0) is 21.2 Å². The molecule has 0 aliphatic rings. The Morgan fingerprint density at radius 3 is 2.17 bits per heavy atom. The van der Waals surface area contributed by atoms with Crippen molar-refractivity contribution in [3.63, 3.8) is 0 Å². The Balaban J connectivity index is 1.91. The first-order chi connectivity index (χ1) is 13.9.